The second kappa shape index (κ2) is 7.05. The van der Waals surface area contributed by atoms with Gasteiger partial charge < -0.3 is 10.0 Å². The van der Waals surface area contributed by atoms with Crippen molar-refractivity contribution < 1.29 is 9.90 Å². The maximum atomic E-state index is 13.1. The van der Waals surface area contributed by atoms with Crippen molar-refractivity contribution >= 4 is 17.5 Å². The SMILES string of the molecule is O=C(c1ccccc1)N1CC[C@](O)(c2ccc(Cl)cc2)[C@@H]2CCCC[C@H]21. The summed E-state index contributed by atoms with van der Waals surface area (Å²) in [5.41, 5.74) is 0.766. The fourth-order valence-corrected chi connectivity index (χ4v) is 4.91. The molecular formula is C22H24ClNO2. The Bertz CT molecular complexity index is 776. The highest BCUT2D eigenvalue weighted by molar-refractivity contribution is 6.30. The lowest BCUT2D eigenvalue weighted by molar-refractivity contribution is -0.110. The third-order valence-corrected chi connectivity index (χ3v) is 6.35. The van der Waals surface area contributed by atoms with Crippen LogP contribution >= 0.6 is 11.6 Å². The van der Waals surface area contributed by atoms with Gasteiger partial charge in [-0.25, -0.2) is 0 Å². The van der Waals surface area contributed by atoms with Gasteiger partial charge in [0.05, 0.1) is 5.60 Å². The van der Waals surface area contributed by atoms with Crippen LogP contribution in [0.4, 0.5) is 0 Å². The molecule has 1 aliphatic carbocycles. The maximum absolute atomic E-state index is 13.1. The van der Waals surface area contributed by atoms with Crippen LogP contribution < -0.4 is 0 Å². The third-order valence-electron chi connectivity index (χ3n) is 6.10. The van der Waals surface area contributed by atoms with Gasteiger partial charge in [-0.15, -0.1) is 0 Å². The predicted molar refractivity (Wildman–Crippen MR) is 103 cm³/mol. The molecule has 4 rings (SSSR count). The molecule has 1 aliphatic heterocycles. The number of amides is 1. The number of rotatable bonds is 2. The van der Waals surface area contributed by atoms with Crippen molar-refractivity contribution in [3.8, 4) is 0 Å². The monoisotopic (exact) mass is 369 g/mol. The van der Waals surface area contributed by atoms with Gasteiger partial charge in [0, 0.05) is 29.1 Å². The Labute approximate surface area is 159 Å². The number of aliphatic hydroxyl groups is 1. The molecule has 136 valence electrons. The van der Waals surface area contributed by atoms with E-state index in [1.165, 1.54) is 0 Å². The Morgan fingerprint density at radius 3 is 2.46 bits per heavy atom. The molecule has 1 heterocycles. The van der Waals surface area contributed by atoms with Gasteiger partial charge in [0.2, 0.25) is 0 Å². The van der Waals surface area contributed by atoms with Crippen LogP contribution in [-0.4, -0.2) is 28.5 Å². The molecule has 2 aromatic carbocycles. The zero-order chi connectivity index (χ0) is 18.1. The first-order chi connectivity index (χ1) is 12.6. The fourth-order valence-electron chi connectivity index (χ4n) is 4.78. The minimum Gasteiger partial charge on any atom is -0.385 e. The Hall–Kier alpha value is -1.84. The fraction of sp³-hybridized carbons (Fsp3) is 0.409. The molecule has 0 spiro atoms. The number of benzene rings is 2. The molecule has 3 nitrogen and oxygen atoms in total. The van der Waals surface area contributed by atoms with Gasteiger partial charge in [0.1, 0.15) is 0 Å². The molecule has 2 aliphatic rings. The number of nitrogens with zero attached hydrogens (tertiary/aromatic N) is 1. The van der Waals surface area contributed by atoms with Crippen molar-refractivity contribution in [1.82, 2.24) is 4.90 Å². The summed E-state index contributed by atoms with van der Waals surface area (Å²) in [4.78, 5) is 15.1. The summed E-state index contributed by atoms with van der Waals surface area (Å²) in [6.07, 6.45) is 4.68. The maximum Gasteiger partial charge on any atom is 0.254 e. The number of hydrogen-bond acceptors (Lipinski definition) is 2. The van der Waals surface area contributed by atoms with Crippen LogP contribution in [0, 0.1) is 5.92 Å². The molecule has 3 atom stereocenters. The molecule has 0 bridgehead atoms. The zero-order valence-electron chi connectivity index (χ0n) is 14.8. The van der Waals surface area contributed by atoms with Gasteiger partial charge in [0.15, 0.2) is 0 Å². The normalized spacial score (nSPS) is 28.5. The number of carbonyl (C=O) groups excluding carboxylic acids is 1. The largest absolute Gasteiger partial charge is 0.385 e. The van der Waals surface area contributed by atoms with E-state index in [2.05, 4.69) is 0 Å². The highest BCUT2D eigenvalue weighted by Crippen LogP contribution is 2.47. The van der Waals surface area contributed by atoms with E-state index in [0.717, 1.165) is 36.8 Å². The number of halogens is 1. The summed E-state index contributed by atoms with van der Waals surface area (Å²) in [5.74, 6) is 0.152. The zero-order valence-corrected chi connectivity index (χ0v) is 15.5. The quantitative estimate of drug-likeness (QED) is 0.838. The minimum atomic E-state index is -0.886. The second-order valence-corrected chi connectivity index (χ2v) is 7.94. The summed E-state index contributed by atoms with van der Waals surface area (Å²) in [6.45, 7) is 0.577. The topological polar surface area (TPSA) is 40.5 Å². The van der Waals surface area contributed by atoms with Crippen LogP contribution in [-0.2, 0) is 5.60 Å². The lowest BCUT2D eigenvalue weighted by atomic mass is 9.66. The molecule has 0 unspecified atom stereocenters. The summed E-state index contributed by atoms with van der Waals surface area (Å²) in [7, 11) is 0. The number of likely N-dealkylation sites (tertiary alicyclic amines) is 1. The van der Waals surface area contributed by atoms with E-state index in [4.69, 9.17) is 11.6 Å². The van der Waals surface area contributed by atoms with Crippen LogP contribution in [0.15, 0.2) is 54.6 Å². The van der Waals surface area contributed by atoms with Crippen LogP contribution in [0.3, 0.4) is 0 Å². The summed E-state index contributed by atoms with van der Waals surface area (Å²) < 4.78 is 0. The Kier molecular flexibility index (Phi) is 4.76. The highest BCUT2D eigenvalue weighted by Gasteiger charge is 2.50. The molecule has 26 heavy (non-hydrogen) atoms. The predicted octanol–water partition coefficient (Wildman–Crippen LogP) is 4.63. The van der Waals surface area contributed by atoms with Gasteiger partial charge in [-0.1, -0.05) is 54.8 Å². The van der Waals surface area contributed by atoms with Gasteiger partial charge in [-0.05, 0) is 49.1 Å². The second-order valence-electron chi connectivity index (χ2n) is 7.50. The molecule has 2 aromatic rings. The average molecular weight is 370 g/mol. The molecule has 1 N–H and O–H groups in total. The lowest BCUT2D eigenvalue weighted by Crippen LogP contribution is -2.58. The number of piperidine rings is 1. The third kappa shape index (κ3) is 3.04. The van der Waals surface area contributed by atoms with E-state index in [-0.39, 0.29) is 17.9 Å². The van der Waals surface area contributed by atoms with Gasteiger partial charge in [-0.3, -0.25) is 4.79 Å². The Balaban J connectivity index is 1.65. The number of carbonyl (C=O) groups is 1. The van der Waals surface area contributed by atoms with E-state index >= 15 is 0 Å². The molecule has 0 aromatic heterocycles. The molecule has 4 heteroatoms. The van der Waals surface area contributed by atoms with E-state index in [0.29, 0.717) is 18.0 Å². The molecular weight excluding hydrogens is 346 g/mol. The molecule has 0 radical (unpaired) electrons. The highest BCUT2D eigenvalue weighted by atomic mass is 35.5. The first kappa shape index (κ1) is 17.6. The standard InChI is InChI=1S/C22H24ClNO2/c23-18-12-10-17(11-13-18)22(26)14-15-24(20-9-5-4-8-19(20)22)21(25)16-6-2-1-3-7-16/h1-3,6-7,10-13,19-20,26H,4-5,8-9,14-15H2/t19-,20-,22+/m1/s1. The molecule has 1 saturated carbocycles. The first-order valence-electron chi connectivity index (χ1n) is 9.44. The first-order valence-corrected chi connectivity index (χ1v) is 9.82. The van der Waals surface area contributed by atoms with Crippen LogP contribution in [0.1, 0.15) is 48.0 Å². The molecule has 1 amide bonds. The van der Waals surface area contributed by atoms with Crippen molar-refractivity contribution in [2.75, 3.05) is 6.54 Å². The number of hydrogen-bond donors (Lipinski definition) is 1. The van der Waals surface area contributed by atoms with Crippen molar-refractivity contribution in [3.63, 3.8) is 0 Å². The van der Waals surface area contributed by atoms with Crippen LogP contribution in [0.5, 0.6) is 0 Å². The van der Waals surface area contributed by atoms with E-state index in [9.17, 15) is 9.90 Å². The molecule has 1 saturated heterocycles. The Morgan fingerprint density at radius 2 is 1.73 bits per heavy atom. The smallest absolute Gasteiger partial charge is 0.254 e. The summed E-state index contributed by atoms with van der Waals surface area (Å²) in [6, 6.07) is 17.1. The van der Waals surface area contributed by atoms with Gasteiger partial charge in [0.25, 0.3) is 5.91 Å². The van der Waals surface area contributed by atoms with E-state index in [1.54, 1.807) is 0 Å². The Morgan fingerprint density at radius 1 is 1.04 bits per heavy atom. The van der Waals surface area contributed by atoms with Gasteiger partial charge in [-0.2, -0.15) is 0 Å². The summed E-state index contributed by atoms with van der Waals surface area (Å²) in [5, 5.41) is 12.3. The minimum absolute atomic E-state index is 0.0684. The van der Waals surface area contributed by atoms with Crippen molar-refractivity contribution in [2.45, 2.75) is 43.7 Å². The van der Waals surface area contributed by atoms with Crippen molar-refractivity contribution in [1.29, 1.82) is 0 Å². The van der Waals surface area contributed by atoms with E-state index < -0.39 is 5.60 Å². The van der Waals surface area contributed by atoms with E-state index in [1.807, 2.05) is 59.5 Å². The van der Waals surface area contributed by atoms with Crippen molar-refractivity contribution in [3.05, 3.63) is 70.7 Å². The van der Waals surface area contributed by atoms with Crippen LogP contribution in [0.25, 0.3) is 0 Å². The average Bonchev–Trinajstić information content (AvgIpc) is 2.69. The number of fused-ring (bicyclic) bond motifs is 1. The summed E-state index contributed by atoms with van der Waals surface area (Å²) >= 11 is 6.03. The van der Waals surface area contributed by atoms with Crippen molar-refractivity contribution in [2.24, 2.45) is 5.92 Å². The lowest BCUT2D eigenvalue weighted by Gasteiger charge is -2.52. The molecule has 2 fully saturated rings. The van der Waals surface area contributed by atoms with Gasteiger partial charge >= 0.3 is 0 Å². The van der Waals surface area contributed by atoms with Crippen LogP contribution in [0.2, 0.25) is 5.02 Å².